The molecule has 2 N–H and O–H groups in total. The Balaban J connectivity index is 4.39. The van der Waals surface area contributed by atoms with E-state index in [4.69, 9.17) is 22.7 Å². The van der Waals surface area contributed by atoms with Crippen LogP contribution in [0.2, 0.25) is 0 Å². The predicted molar refractivity (Wildman–Crippen MR) is 69.4 cm³/mol. The molecule has 0 bridgehead atoms. The minimum absolute atomic E-state index is 0.00229. The summed E-state index contributed by atoms with van der Waals surface area (Å²) in [5.41, 5.74) is 5.04. The maximum atomic E-state index is 11.8. The van der Waals surface area contributed by atoms with Crippen molar-refractivity contribution in [3.8, 4) is 0 Å². The van der Waals surface area contributed by atoms with E-state index in [2.05, 4.69) is 0 Å². The summed E-state index contributed by atoms with van der Waals surface area (Å²) >= 11 is 4.88. The second-order valence-electron chi connectivity index (χ2n) is 4.82. The Kier molecular flexibility index (Phi) is 5.72. The van der Waals surface area contributed by atoms with Gasteiger partial charge in [0.2, 0.25) is 0 Å². The molecule has 0 aromatic carbocycles. The quantitative estimate of drug-likeness (QED) is 0.772. The average Bonchev–Trinajstić information content (AvgIpc) is 2.10. The van der Waals surface area contributed by atoms with Crippen molar-refractivity contribution < 1.29 is 9.53 Å². The van der Waals surface area contributed by atoms with E-state index in [0.717, 1.165) is 0 Å². The number of nitrogens with zero attached hydrogens (tertiary/aromatic N) is 1. The topological polar surface area (TPSA) is 55.6 Å². The van der Waals surface area contributed by atoms with Crippen LogP contribution in [0.5, 0.6) is 0 Å². The fourth-order valence-electron chi connectivity index (χ4n) is 1.08. The lowest BCUT2D eigenvalue weighted by Crippen LogP contribution is -2.41. The highest BCUT2D eigenvalue weighted by atomic mass is 32.1. The van der Waals surface area contributed by atoms with Gasteiger partial charge < -0.3 is 15.4 Å². The number of carbonyl (C=O) groups excluding carboxylic acids is 1. The highest BCUT2D eigenvalue weighted by Crippen LogP contribution is 2.11. The van der Waals surface area contributed by atoms with Crippen LogP contribution in [-0.2, 0) is 4.74 Å². The molecule has 0 saturated heterocycles. The molecule has 0 aliphatic heterocycles. The lowest BCUT2D eigenvalue weighted by molar-refractivity contribution is 0.0249. The van der Waals surface area contributed by atoms with Crippen LogP contribution in [0.3, 0.4) is 0 Å². The van der Waals surface area contributed by atoms with Gasteiger partial charge in [0.15, 0.2) is 0 Å². The third-order valence-corrected chi connectivity index (χ3v) is 2.42. The Hall–Kier alpha value is -0.840. The Labute approximate surface area is 103 Å². The van der Waals surface area contributed by atoms with Gasteiger partial charge in [0.25, 0.3) is 0 Å². The van der Waals surface area contributed by atoms with Gasteiger partial charge in [0.1, 0.15) is 5.60 Å². The standard InChI is InChI=1S/C11H22N2O2S/c1-6-13(7-8(2)9(12)16)10(14)15-11(3,4)5/h8H,6-7H2,1-5H3,(H2,12,16). The largest absolute Gasteiger partial charge is 0.444 e. The van der Waals surface area contributed by atoms with E-state index in [1.807, 2.05) is 34.6 Å². The number of hydrogen-bond donors (Lipinski definition) is 1. The first kappa shape index (κ1) is 15.2. The highest BCUT2D eigenvalue weighted by Gasteiger charge is 2.22. The van der Waals surface area contributed by atoms with E-state index in [1.54, 1.807) is 4.90 Å². The molecule has 0 heterocycles. The second-order valence-corrected chi connectivity index (χ2v) is 5.29. The molecule has 5 heteroatoms. The van der Waals surface area contributed by atoms with E-state index in [9.17, 15) is 4.79 Å². The molecule has 0 fully saturated rings. The van der Waals surface area contributed by atoms with E-state index >= 15 is 0 Å². The van der Waals surface area contributed by atoms with Gasteiger partial charge in [-0.15, -0.1) is 0 Å². The number of ether oxygens (including phenoxy) is 1. The highest BCUT2D eigenvalue weighted by molar-refractivity contribution is 7.80. The molecule has 16 heavy (non-hydrogen) atoms. The monoisotopic (exact) mass is 246 g/mol. The molecule has 4 nitrogen and oxygen atoms in total. The van der Waals surface area contributed by atoms with Crippen LogP contribution in [0.4, 0.5) is 4.79 Å². The van der Waals surface area contributed by atoms with Crippen LogP contribution < -0.4 is 5.73 Å². The summed E-state index contributed by atoms with van der Waals surface area (Å²) in [7, 11) is 0. The van der Waals surface area contributed by atoms with E-state index in [-0.39, 0.29) is 12.0 Å². The van der Waals surface area contributed by atoms with Crippen LogP contribution in [0.1, 0.15) is 34.6 Å². The predicted octanol–water partition coefficient (Wildman–Crippen LogP) is 2.17. The number of carbonyl (C=O) groups is 1. The first-order valence-corrected chi connectivity index (χ1v) is 5.85. The van der Waals surface area contributed by atoms with Crippen LogP contribution >= 0.6 is 12.2 Å². The second kappa shape index (κ2) is 6.03. The molecule has 0 rings (SSSR count). The summed E-state index contributed by atoms with van der Waals surface area (Å²) in [6, 6.07) is 0. The van der Waals surface area contributed by atoms with Crippen LogP contribution in [-0.4, -0.2) is 34.7 Å². The van der Waals surface area contributed by atoms with Crippen molar-refractivity contribution in [2.45, 2.75) is 40.2 Å². The fraction of sp³-hybridized carbons (Fsp3) is 0.818. The van der Waals surface area contributed by atoms with Crippen LogP contribution in [0, 0.1) is 5.92 Å². The van der Waals surface area contributed by atoms with Gasteiger partial charge in [-0.2, -0.15) is 0 Å². The van der Waals surface area contributed by atoms with Crippen molar-refractivity contribution in [1.82, 2.24) is 4.90 Å². The zero-order valence-corrected chi connectivity index (χ0v) is 11.6. The molecular weight excluding hydrogens is 224 g/mol. The number of nitrogens with two attached hydrogens (primary N) is 1. The summed E-state index contributed by atoms with van der Waals surface area (Å²) in [4.78, 5) is 13.8. The van der Waals surface area contributed by atoms with E-state index < -0.39 is 5.60 Å². The Bertz CT molecular complexity index is 261. The summed E-state index contributed by atoms with van der Waals surface area (Å²) in [6.45, 7) is 10.4. The number of thiocarbonyl (C=S) groups is 1. The van der Waals surface area contributed by atoms with Crippen molar-refractivity contribution >= 4 is 23.3 Å². The van der Waals surface area contributed by atoms with Gasteiger partial charge in [-0.25, -0.2) is 4.79 Å². The molecule has 0 aromatic heterocycles. The summed E-state index contributed by atoms with van der Waals surface area (Å²) in [5, 5.41) is 0. The number of rotatable bonds is 4. The van der Waals surface area contributed by atoms with Crippen molar-refractivity contribution in [3.63, 3.8) is 0 Å². The molecule has 1 atom stereocenters. The van der Waals surface area contributed by atoms with Gasteiger partial charge in [-0.1, -0.05) is 19.1 Å². The van der Waals surface area contributed by atoms with Crippen LogP contribution in [0.15, 0.2) is 0 Å². The summed E-state index contributed by atoms with van der Waals surface area (Å²) in [5.74, 6) is 0.00229. The van der Waals surface area contributed by atoms with E-state index in [0.29, 0.717) is 18.1 Å². The Morgan fingerprint density at radius 1 is 1.50 bits per heavy atom. The molecule has 1 amide bonds. The Morgan fingerprint density at radius 3 is 2.31 bits per heavy atom. The zero-order chi connectivity index (χ0) is 12.9. The minimum atomic E-state index is -0.475. The van der Waals surface area contributed by atoms with Gasteiger partial charge in [0, 0.05) is 19.0 Å². The zero-order valence-electron chi connectivity index (χ0n) is 10.7. The molecule has 0 aliphatic carbocycles. The molecular formula is C11H22N2O2S. The van der Waals surface area contributed by atoms with Crippen molar-refractivity contribution in [3.05, 3.63) is 0 Å². The molecule has 1 unspecified atom stereocenters. The number of hydrogen-bond acceptors (Lipinski definition) is 3. The third-order valence-electron chi connectivity index (χ3n) is 2.01. The van der Waals surface area contributed by atoms with Gasteiger partial charge in [0.05, 0.1) is 4.99 Å². The van der Waals surface area contributed by atoms with Crippen LogP contribution in [0.25, 0.3) is 0 Å². The van der Waals surface area contributed by atoms with E-state index in [1.165, 1.54) is 0 Å². The average molecular weight is 246 g/mol. The number of amides is 1. The minimum Gasteiger partial charge on any atom is -0.444 e. The maximum Gasteiger partial charge on any atom is 0.410 e. The first-order valence-electron chi connectivity index (χ1n) is 5.44. The summed E-state index contributed by atoms with van der Waals surface area (Å²) in [6.07, 6.45) is -0.321. The van der Waals surface area contributed by atoms with Crippen molar-refractivity contribution in [2.75, 3.05) is 13.1 Å². The van der Waals surface area contributed by atoms with Gasteiger partial charge >= 0.3 is 6.09 Å². The smallest absolute Gasteiger partial charge is 0.410 e. The molecule has 0 aliphatic rings. The lowest BCUT2D eigenvalue weighted by atomic mass is 10.1. The third kappa shape index (κ3) is 5.90. The van der Waals surface area contributed by atoms with Crippen molar-refractivity contribution in [2.24, 2.45) is 11.7 Å². The molecule has 0 saturated carbocycles. The molecule has 0 radical (unpaired) electrons. The molecule has 0 aromatic rings. The normalized spacial score (nSPS) is 13.1. The summed E-state index contributed by atoms with van der Waals surface area (Å²) < 4.78 is 5.27. The van der Waals surface area contributed by atoms with Gasteiger partial charge in [-0.3, -0.25) is 0 Å². The molecule has 0 spiro atoms. The SMILES string of the molecule is CCN(CC(C)C(N)=S)C(=O)OC(C)(C)C. The fourth-order valence-corrected chi connectivity index (χ4v) is 1.15. The Morgan fingerprint density at radius 2 is 2.00 bits per heavy atom. The lowest BCUT2D eigenvalue weighted by Gasteiger charge is -2.28. The molecule has 94 valence electrons. The van der Waals surface area contributed by atoms with Crippen molar-refractivity contribution in [1.29, 1.82) is 0 Å². The first-order chi connectivity index (χ1) is 7.17. The maximum absolute atomic E-state index is 11.8. The van der Waals surface area contributed by atoms with Gasteiger partial charge in [-0.05, 0) is 27.7 Å².